The smallest absolute Gasteiger partial charge is 0.263 e. The quantitative estimate of drug-likeness (QED) is 0.251. The molecular formula is C20H17FN4O2S2. The highest BCUT2D eigenvalue weighted by molar-refractivity contribution is 7.98. The molecule has 0 radical (unpaired) electrons. The van der Waals surface area contributed by atoms with Crippen LogP contribution in [0.3, 0.4) is 0 Å². The highest BCUT2D eigenvalue weighted by Gasteiger charge is 2.17. The minimum absolute atomic E-state index is 0.0724. The number of benzene rings is 1. The molecule has 0 saturated carbocycles. The maximum atomic E-state index is 13.1. The normalized spacial score (nSPS) is 11.3. The summed E-state index contributed by atoms with van der Waals surface area (Å²) in [5, 5.41) is 5.18. The van der Waals surface area contributed by atoms with E-state index in [0.717, 1.165) is 15.3 Å². The molecule has 0 aliphatic heterocycles. The summed E-state index contributed by atoms with van der Waals surface area (Å²) in [5.74, 6) is 0.810. The number of rotatable bonds is 6. The molecule has 9 heteroatoms. The highest BCUT2D eigenvalue weighted by Crippen LogP contribution is 2.29. The van der Waals surface area contributed by atoms with Gasteiger partial charge in [0, 0.05) is 17.0 Å². The third kappa shape index (κ3) is 3.75. The zero-order chi connectivity index (χ0) is 20.5. The van der Waals surface area contributed by atoms with Crippen molar-refractivity contribution in [2.24, 2.45) is 0 Å². The first kappa shape index (κ1) is 19.5. The van der Waals surface area contributed by atoms with Crippen LogP contribution in [0.5, 0.6) is 0 Å². The number of aromatic nitrogens is 4. The Morgan fingerprint density at radius 2 is 2.03 bits per heavy atom. The summed E-state index contributed by atoms with van der Waals surface area (Å²) in [5.41, 5.74) is 1.56. The molecule has 0 bridgehead atoms. The van der Waals surface area contributed by atoms with E-state index in [0.29, 0.717) is 40.1 Å². The van der Waals surface area contributed by atoms with Gasteiger partial charge < -0.3 is 4.52 Å². The van der Waals surface area contributed by atoms with Gasteiger partial charge in [0.15, 0.2) is 5.16 Å². The van der Waals surface area contributed by atoms with Crippen molar-refractivity contribution in [3.8, 4) is 11.4 Å². The van der Waals surface area contributed by atoms with Crippen molar-refractivity contribution in [2.45, 2.75) is 31.3 Å². The molecule has 0 N–H and O–H groups in total. The Morgan fingerprint density at radius 1 is 1.28 bits per heavy atom. The lowest BCUT2D eigenvalue weighted by atomic mass is 10.2. The lowest BCUT2D eigenvalue weighted by Crippen LogP contribution is -2.22. The van der Waals surface area contributed by atoms with Crippen LogP contribution in [0.25, 0.3) is 21.6 Å². The van der Waals surface area contributed by atoms with Crippen LogP contribution in [0.1, 0.15) is 16.3 Å². The molecule has 0 fully saturated rings. The van der Waals surface area contributed by atoms with Crippen LogP contribution >= 0.6 is 23.1 Å². The van der Waals surface area contributed by atoms with Crippen LogP contribution in [-0.4, -0.2) is 19.7 Å². The minimum atomic E-state index is -0.325. The van der Waals surface area contributed by atoms with Gasteiger partial charge in [-0.15, -0.1) is 17.9 Å². The number of fused-ring (bicyclic) bond motifs is 1. The lowest BCUT2D eigenvalue weighted by molar-refractivity contribution is 0.391. The number of thiophene rings is 1. The minimum Gasteiger partial charge on any atom is -0.338 e. The topological polar surface area (TPSA) is 73.8 Å². The third-order valence-electron chi connectivity index (χ3n) is 4.46. The maximum absolute atomic E-state index is 13.1. The second kappa shape index (κ2) is 7.92. The number of nitrogens with zero attached hydrogens (tertiary/aromatic N) is 4. The molecule has 0 aliphatic carbocycles. The van der Waals surface area contributed by atoms with Crippen LogP contribution in [0.15, 0.2) is 51.4 Å². The van der Waals surface area contributed by atoms with Crippen molar-refractivity contribution < 1.29 is 8.91 Å². The van der Waals surface area contributed by atoms with Crippen molar-refractivity contribution in [3.05, 3.63) is 69.4 Å². The summed E-state index contributed by atoms with van der Waals surface area (Å²) in [6.07, 6.45) is 1.67. The molecule has 0 atom stereocenters. The molecule has 4 rings (SSSR count). The highest BCUT2D eigenvalue weighted by atomic mass is 32.2. The van der Waals surface area contributed by atoms with Crippen molar-refractivity contribution in [2.75, 3.05) is 0 Å². The fraction of sp³-hybridized carbons (Fsp3) is 0.200. The predicted octanol–water partition coefficient (Wildman–Crippen LogP) is 4.74. The van der Waals surface area contributed by atoms with Crippen LogP contribution < -0.4 is 5.56 Å². The number of hydrogen-bond donors (Lipinski definition) is 0. The van der Waals surface area contributed by atoms with Gasteiger partial charge in [0.1, 0.15) is 10.6 Å². The van der Waals surface area contributed by atoms with Gasteiger partial charge in [-0.3, -0.25) is 9.36 Å². The van der Waals surface area contributed by atoms with Crippen LogP contribution in [0.4, 0.5) is 4.39 Å². The van der Waals surface area contributed by atoms with E-state index in [9.17, 15) is 9.18 Å². The van der Waals surface area contributed by atoms with Gasteiger partial charge in [-0.1, -0.05) is 23.0 Å². The first-order valence-electron chi connectivity index (χ1n) is 8.80. The van der Waals surface area contributed by atoms with Gasteiger partial charge in [-0.2, -0.15) is 4.98 Å². The summed E-state index contributed by atoms with van der Waals surface area (Å²) in [6.45, 7) is 8.04. The molecule has 0 spiro atoms. The van der Waals surface area contributed by atoms with Crippen LogP contribution in [0.2, 0.25) is 0 Å². The summed E-state index contributed by atoms with van der Waals surface area (Å²) in [6, 6.07) is 5.88. The van der Waals surface area contributed by atoms with E-state index in [2.05, 4.69) is 16.7 Å². The second-order valence-corrected chi connectivity index (χ2v) is 8.52. The Bertz CT molecular complexity index is 1260. The van der Waals surface area contributed by atoms with E-state index in [1.165, 1.54) is 35.2 Å². The molecule has 4 aromatic rings. The lowest BCUT2D eigenvalue weighted by Gasteiger charge is -2.09. The zero-order valence-corrected chi connectivity index (χ0v) is 17.4. The molecule has 29 heavy (non-hydrogen) atoms. The molecule has 3 heterocycles. The van der Waals surface area contributed by atoms with E-state index >= 15 is 0 Å². The average molecular weight is 429 g/mol. The van der Waals surface area contributed by atoms with E-state index < -0.39 is 0 Å². The molecule has 148 valence electrons. The summed E-state index contributed by atoms with van der Waals surface area (Å²) >= 11 is 2.86. The number of thioether (sulfide) groups is 1. The molecular weight excluding hydrogens is 411 g/mol. The van der Waals surface area contributed by atoms with Crippen LogP contribution in [0, 0.1) is 19.7 Å². The van der Waals surface area contributed by atoms with Gasteiger partial charge in [-0.05, 0) is 43.7 Å². The maximum Gasteiger partial charge on any atom is 0.263 e. The van der Waals surface area contributed by atoms with Gasteiger partial charge in [-0.25, -0.2) is 9.37 Å². The molecule has 3 aromatic heterocycles. The molecule has 0 saturated heterocycles. The van der Waals surface area contributed by atoms with E-state index in [1.807, 2.05) is 13.8 Å². The fourth-order valence-corrected chi connectivity index (χ4v) is 4.78. The van der Waals surface area contributed by atoms with Crippen molar-refractivity contribution in [1.82, 2.24) is 19.7 Å². The molecule has 1 aromatic carbocycles. The summed E-state index contributed by atoms with van der Waals surface area (Å²) < 4.78 is 20.0. The Labute approximate surface area is 174 Å². The largest absolute Gasteiger partial charge is 0.338 e. The Morgan fingerprint density at radius 3 is 2.76 bits per heavy atom. The Balaban J connectivity index is 1.63. The van der Waals surface area contributed by atoms with Gasteiger partial charge >= 0.3 is 0 Å². The standard InChI is InChI=1S/C20H17FN4O2S2/c1-4-9-25-19(26)16-11(2)12(3)29-18(16)23-20(25)28-10-15-22-17(24-27-15)13-5-7-14(21)8-6-13/h4-8H,1,9-10H2,2-3H3. The predicted molar refractivity (Wildman–Crippen MR) is 113 cm³/mol. The zero-order valence-electron chi connectivity index (χ0n) is 15.8. The number of aryl methyl sites for hydroxylation is 2. The van der Waals surface area contributed by atoms with Gasteiger partial charge in [0.2, 0.25) is 11.7 Å². The number of halogens is 1. The van der Waals surface area contributed by atoms with Crippen molar-refractivity contribution >= 4 is 33.3 Å². The average Bonchev–Trinajstić information content (AvgIpc) is 3.28. The van der Waals surface area contributed by atoms with Gasteiger partial charge in [0.05, 0.1) is 11.1 Å². The summed E-state index contributed by atoms with van der Waals surface area (Å²) in [4.78, 5) is 23.8. The SMILES string of the molecule is C=CCn1c(SCc2nc(-c3ccc(F)cc3)no2)nc2sc(C)c(C)c2c1=O. The molecule has 0 unspecified atom stereocenters. The molecule has 0 aliphatic rings. The fourth-order valence-electron chi connectivity index (χ4n) is 2.86. The monoisotopic (exact) mass is 428 g/mol. The third-order valence-corrected chi connectivity index (χ3v) is 6.52. The molecule has 0 amide bonds. The van der Waals surface area contributed by atoms with Gasteiger partial charge in [0.25, 0.3) is 5.56 Å². The van der Waals surface area contributed by atoms with E-state index in [-0.39, 0.29) is 11.4 Å². The van der Waals surface area contributed by atoms with E-state index in [4.69, 9.17) is 9.51 Å². The Hall–Kier alpha value is -2.78. The summed E-state index contributed by atoms with van der Waals surface area (Å²) in [7, 11) is 0. The number of hydrogen-bond acceptors (Lipinski definition) is 7. The first-order chi connectivity index (χ1) is 14.0. The van der Waals surface area contributed by atoms with Crippen molar-refractivity contribution in [3.63, 3.8) is 0 Å². The first-order valence-corrected chi connectivity index (χ1v) is 10.6. The van der Waals surface area contributed by atoms with E-state index in [1.54, 1.807) is 22.8 Å². The Kier molecular flexibility index (Phi) is 5.33. The van der Waals surface area contributed by atoms with Crippen LogP contribution in [-0.2, 0) is 12.3 Å². The molecule has 6 nitrogen and oxygen atoms in total. The number of allylic oxidation sites excluding steroid dienone is 1. The second-order valence-electron chi connectivity index (χ2n) is 6.37. The van der Waals surface area contributed by atoms with Crippen molar-refractivity contribution in [1.29, 1.82) is 0 Å².